The molecule has 0 spiro atoms. The van der Waals surface area contributed by atoms with Crippen molar-refractivity contribution in [3.05, 3.63) is 58.1 Å². The summed E-state index contributed by atoms with van der Waals surface area (Å²) in [5, 5.41) is 0.757. The van der Waals surface area contributed by atoms with Gasteiger partial charge in [0.25, 0.3) is 10.0 Å². The Bertz CT molecular complexity index is 837. The number of hydrogen-bond donors (Lipinski definition) is 1. The number of hydrogen-bond acceptors (Lipinski definition) is 5. The minimum Gasteiger partial charge on any atom is -0.298 e. The van der Waals surface area contributed by atoms with Gasteiger partial charge in [-0.15, -0.1) is 0 Å². The van der Waals surface area contributed by atoms with Gasteiger partial charge in [0.05, 0.1) is 10.6 Å². The molecule has 0 saturated heterocycles. The maximum absolute atomic E-state index is 12.4. The highest BCUT2D eigenvalue weighted by Crippen LogP contribution is 2.25. The first kappa shape index (κ1) is 18.5. The molecule has 0 heterocycles. The van der Waals surface area contributed by atoms with Crippen molar-refractivity contribution < 1.29 is 23.0 Å². The van der Waals surface area contributed by atoms with Crippen LogP contribution < -0.4 is 4.72 Å². The van der Waals surface area contributed by atoms with Crippen molar-refractivity contribution in [2.75, 3.05) is 4.72 Å². The lowest BCUT2D eigenvalue weighted by atomic mass is 10.2. The van der Waals surface area contributed by atoms with Crippen molar-refractivity contribution in [1.82, 2.24) is 0 Å². The summed E-state index contributed by atoms with van der Waals surface area (Å²) in [6, 6.07) is 10.3. The summed E-state index contributed by atoms with van der Waals surface area (Å²) in [6.45, 7) is 1.04. The van der Waals surface area contributed by atoms with E-state index in [-0.39, 0.29) is 17.2 Å². The standard InChI is InChI=1S/C15H13Cl2NO5S/c1-10(19)23-22-9-11-2-3-13(17)8-15(11)18-24(20,21)14-6-4-12(16)5-7-14/h2-8,18H,9H2,1H3. The van der Waals surface area contributed by atoms with E-state index in [1.807, 2.05) is 0 Å². The summed E-state index contributed by atoms with van der Waals surface area (Å²) >= 11 is 11.7. The zero-order valence-electron chi connectivity index (χ0n) is 12.5. The summed E-state index contributed by atoms with van der Waals surface area (Å²) in [7, 11) is -3.84. The average molecular weight is 390 g/mol. The fourth-order valence-corrected chi connectivity index (χ4v) is 3.15. The third kappa shape index (κ3) is 5.10. The first-order valence-corrected chi connectivity index (χ1v) is 8.89. The van der Waals surface area contributed by atoms with Gasteiger partial charge in [-0.1, -0.05) is 29.3 Å². The highest BCUT2D eigenvalue weighted by molar-refractivity contribution is 7.92. The normalized spacial score (nSPS) is 11.1. The Balaban J connectivity index is 2.25. The van der Waals surface area contributed by atoms with Crippen LogP contribution in [0.3, 0.4) is 0 Å². The van der Waals surface area contributed by atoms with Gasteiger partial charge in [0.1, 0.15) is 6.61 Å². The monoisotopic (exact) mass is 389 g/mol. The molecule has 0 saturated carbocycles. The molecule has 0 aliphatic heterocycles. The maximum Gasteiger partial charge on any atom is 0.339 e. The van der Waals surface area contributed by atoms with Gasteiger partial charge in [-0.05, 0) is 36.4 Å². The van der Waals surface area contributed by atoms with Crippen molar-refractivity contribution in [3.63, 3.8) is 0 Å². The van der Waals surface area contributed by atoms with Crippen LogP contribution in [0, 0.1) is 0 Å². The second-order valence-electron chi connectivity index (χ2n) is 4.70. The predicted molar refractivity (Wildman–Crippen MR) is 90.3 cm³/mol. The van der Waals surface area contributed by atoms with Crippen LogP contribution in [0.2, 0.25) is 10.0 Å². The average Bonchev–Trinajstić information content (AvgIpc) is 2.49. The number of rotatable bonds is 6. The van der Waals surface area contributed by atoms with E-state index in [0.717, 1.165) is 0 Å². The van der Waals surface area contributed by atoms with Crippen molar-refractivity contribution in [2.24, 2.45) is 0 Å². The van der Waals surface area contributed by atoms with Gasteiger partial charge < -0.3 is 0 Å². The third-order valence-electron chi connectivity index (χ3n) is 2.83. The maximum atomic E-state index is 12.4. The summed E-state index contributed by atoms with van der Waals surface area (Å²) < 4.78 is 27.3. The van der Waals surface area contributed by atoms with E-state index >= 15 is 0 Å². The Labute approximate surface area is 149 Å². The van der Waals surface area contributed by atoms with Crippen LogP contribution in [0.15, 0.2) is 47.4 Å². The van der Waals surface area contributed by atoms with Gasteiger partial charge in [-0.3, -0.25) is 9.61 Å². The quantitative estimate of drug-likeness (QED) is 0.600. The van der Waals surface area contributed by atoms with Gasteiger partial charge in [-0.25, -0.2) is 13.2 Å². The first-order chi connectivity index (χ1) is 11.3. The zero-order valence-corrected chi connectivity index (χ0v) is 14.8. The predicted octanol–water partition coefficient (Wildman–Crippen LogP) is 3.79. The Hall–Kier alpha value is -1.80. The van der Waals surface area contributed by atoms with Crippen LogP contribution in [0.25, 0.3) is 0 Å². The highest BCUT2D eigenvalue weighted by Gasteiger charge is 2.17. The second-order valence-corrected chi connectivity index (χ2v) is 7.25. The van der Waals surface area contributed by atoms with E-state index < -0.39 is 16.0 Å². The molecule has 0 atom stereocenters. The summed E-state index contributed by atoms with van der Waals surface area (Å²) in [6.07, 6.45) is 0. The Morgan fingerprint density at radius 3 is 2.33 bits per heavy atom. The molecule has 0 aliphatic carbocycles. The molecule has 128 valence electrons. The number of anilines is 1. The van der Waals surface area contributed by atoms with E-state index in [1.165, 1.54) is 37.3 Å². The summed E-state index contributed by atoms with van der Waals surface area (Å²) in [5.74, 6) is -0.618. The smallest absolute Gasteiger partial charge is 0.298 e. The van der Waals surface area contributed by atoms with Crippen molar-refractivity contribution in [2.45, 2.75) is 18.4 Å². The molecule has 24 heavy (non-hydrogen) atoms. The van der Waals surface area contributed by atoms with Gasteiger partial charge in [-0.2, -0.15) is 4.89 Å². The van der Waals surface area contributed by atoms with Crippen LogP contribution >= 0.6 is 23.2 Å². The molecular formula is C15H13Cl2NO5S. The molecule has 1 N–H and O–H groups in total. The van der Waals surface area contributed by atoms with Crippen LogP contribution in [-0.2, 0) is 31.2 Å². The minimum absolute atomic E-state index is 0.0405. The van der Waals surface area contributed by atoms with E-state index in [4.69, 9.17) is 28.1 Å². The Morgan fingerprint density at radius 2 is 1.71 bits per heavy atom. The topological polar surface area (TPSA) is 81.7 Å². The zero-order chi connectivity index (χ0) is 17.7. The highest BCUT2D eigenvalue weighted by atomic mass is 35.5. The molecule has 0 aliphatic rings. The molecule has 0 fully saturated rings. The molecule has 0 amide bonds. The Kier molecular flexibility index (Phi) is 6.06. The lowest BCUT2D eigenvalue weighted by Gasteiger charge is -2.13. The lowest BCUT2D eigenvalue weighted by Crippen LogP contribution is -2.14. The van der Waals surface area contributed by atoms with Gasteiger partial charge in [0.2, 0.25) is 0 Å². The van der Waals surface area contributed by atoms with E-state index in [1.54, 1.807) is 12.1 Å². The number of halogens is 2. The largest absolute Gasteiger partial charge is 0.339 e. The molecule has 2 aromatic rings. The molecule has 2 aromatic carbocycles. The van der Waals surface area contributed by atoms with Gasteiger partial charge in [0, 0.05) is 22.5 Å². The van der Waals surface area contributed by atoms with Crippen LogP contribution in [0.5, 0.6) is 0 Å². The number of carbonyl (C=O) groups is 1. The molecule has 0 radical (unpaired) electrons. The van der Waals surface area contributed by atoms with Crippen LogP contribution in [-0.4, -0.2) is 14.4 Å². The van der Waals surface area contributed by atoms with Crippen LogP contribution in [0.4, 0.5) is 5.69 Å². The molecule has 0 unspecified atom stereocenters. The van der Waals surface area contributed by atoms with Crippen LogP contribution in [0.1, 0.15) is 12.5 Å². The van der Waals surface area contributed by atoms with Crippen molar-refractivity contribution >= 4 is 44.9 Å². The fraction of sp³-hybridized carbons (Fsp3) is 0.133. The van der Waals surface area contributed by atoms with E-state index in [0.29, 0.717) is 15.6 Å². The number of benzene rings is 2. The van der Waals surface area contributed by atoms with Crippen molar-refractivity contribution in [1.29, 1.82) is 0 Å². The molecule has 9 heteroatoms. The Morgan fingerprint density at radius 1 is 1.08 bits per heavy atom. The van der Waals surface area contributed by atoms with E-state index in [9.17, 15) is 13.2 Å². The third-order valence-corrected chi connectivity index (χ3v) is 4.70. The number of nitrogens with one attached hydrogen (secondary N) is 1. The van der Waals surface area contributed by atoms with E-state index in [2.05, 4.69) is 9.61 Å². The van der Waals surface area contributed by atoms with Gasteiger partial charge in [0.15, 0.2) is 0 Å². The lowest BCUT2D eigenvalue weighted by molar-refractivity contribution is -0.277. The first-order valence-electron chi connectivity index (χ1n) is 6.65. The summed E-state index contributed by atoms with van der Waals surface area (Å²) in [5.41, 5.74) is 0.655. The molecule has 2 rings (SSSR count). The molecule has 0 bridgehead atoms. The number of sulfonamides is 1. The van der Waals surface area contributed by atoms with Gasteiger partial charge >= 0.3 is 5.97 Å². The molecule has 0 aromatic heterocycles. The number of carbonyl (C=O) groups excluding carboxylic acids is 1. The fourth-order valence-electron chi connectivity index (χ4n) is 1.76. The molecule has 6 nitrogen and oxygen atoms in total. The molecular weight excluding hydrogens is 377 g/mol. The second kappa shape index (κ2) is 7.85. The van der Waals surface area contributed by atoms with Crippen molar-refractivity contribution in [3.8, 4) is 0 Å². The minimum atomic E-state index is -3.84. The summed E-state index contributed by atoms with van der Waals surface area (Å²) in [4.78, 5) is 19.9. The SMILES string of the molecule is CC(=O)OOCc1ccc(Cl)cc1NS(=O)(=O)c1ccc(Cl)cc1.